The molecule has 0 aliphatic carbocycles. The molecule has 1 rings (SSSR count). The molecule has 54 valence electrons. The Hall–Kier alpha value is 0.210. The van der Waals surface area contributed by atoms with E-state index in [0.717, 1.165) is 10.2 Å². The van der Waals surface area contributed by atoms with Crippen LogP contribution in [0.4, 0.5) is 0 Å². The van der Waals surface area contributed by atoms with E-state index < -0.39 is 0 Å². The number of hydrogen-bond acceptors (Lipinski definition) is 1. The normalized spacial score (nSPS) is 9.90. The second kappa shape index (κ2) is 3.56. The topological polar surface area (TPSA) is 12.9 Å². The highest BCUT2D eigenvalue weighted by Crippen LogP contribution is 2.19. The van der Waals surface area contributed by atoms with Gasteiger partial charge in [-0.3, -0.25) is 4.98 Å². The molecule has 0 unspecified atom stereocenters. The lowest BCUT2D eigenvalue weighted by Crippen LogP contribution is -1.85. The number of rotatable bonds is 1. The van der Waals surface area contributed by atoms with E-state index in [9.17, 15) is 0 Å². The molecule has 0 saturated heterocycles. The van der Waals surface area contributed by atoms with Gasteiger partial charge in [0.1, 0.15) is 0 Å². The minimum Gasteiger partial charge on any atom is -0.257 e. The Kier molecular flexibility index (Phi) is 2.96. The molecule has 0 bridgehead atoms. The molecule has 10 heavy (non-hydrogen) atoms. The Bertz CT molecular complexity index is 239. The fourth-order valence-corrected chi connectivity index (χ4v) is 1.69. The first-order chi connectivity index (χ1) is 4.74. The summed E-state index contributed by atoms with van der Waals surface area (Å²) < 4.78 is 0.856. The van der Waals surface area contributed by atoms with E-state index in [2.05, 4.69) is 20.9 Å². The SMILES string of the molecule is ClCc1ncc(Cl)cc1Br. The molecule has 0 aromatic carbocycles. The number of alkyl halides is 1. The zero-order chi connectivity index (χ0) is 7.56. The van der Waals surface area contributed by atoms with Gasteiger partial charge in [-0.1, -0.05) is 11.6 Å². The maximum Gasteiger partial charge on any atom is 0.0694 e. The second-order valence-electron chi connectivity index (χ2n) is 1.72. The van der Waals surface area contributed by atoms with Crippen molar-refractivity contribution >= 4 is 39.1 Å². The Morgan fingerprint density at radius 1 is 1.60 bits per heavy atom. The van der Waals surface area contributed by atoms with Crippen LogP contribution in [-0.4, -0.2) is 4.98 Å². The van der Waals surface area contributed by atoms with Gasteiger partial charge in [0, 0.05) is 10.7 Å². The summed E-state index contributed by atoms with van der Waals surface area (Å²) in [4.78, 5) is 3.99. The van der Waals surface area contributed by atoms with E-state index in [1.54, 1.807) is 12.3 Å². The van der Waals surface area contributed by atoms with Crippen molar-refractivity contribution in [2.45, 2.75) is 5.88 Å². The Morgan fingerprint density at radius 2 is 2.30 bits per heavy atom. The summed E-state index contributed by atoms with van der Waals surface area (Å²) in [7, 11) is 0. The van der Waals surface area contributed by atoms with E-state index in [1.165, 1.54) is 0 Å². The quantitative estimate of drug-likeness (QED) is 0.687. The molecule has 0 radical (unpaired) electrons. The first-order valence-electron chi connectivity index (χ1n) is 2.60. The third-order valence-corrected chi connectivity index (χ3v) is 2.16. The van der Waals surface area contributed by atoms with E-state index >= 15 is 0 Å². The van der Waals surface area contributed by atoms with Crippen LogP contribution in [0.15, 0.2) is 16.7 Å². The fourth-order valence-electron chi connectivity index (χ4n) is 0.541. The summed E-state index contributed by atoms with van der Waals surface area (Å²) >= 11 is 14.5. The van der Waals surface area contributed by atoms with E-state index in [0.29, 0.717) is 10.9 Å². The molecule has 1 aromatic heterocycles. The third-order valence-electron chi connectivity index (χ3n) is 1.01. The van der Waals surface area contributed by atoms with E-state index in [1.807, 2.05) is 0 Å². The number of hydrogen-bond donors (Lipinski definition) is 0. The summed E-state index contributed by atoms with van der Waals surface area (Å²) in [5.41, 5.74) is 0.811. The smallest absolute Gasteiger partial charge is 0.0694 e. The predicted octanol–water partition coefficient (Wildman–Crippen LogP) is 3.24. The first-order valence-corrected chi connectivity index (χ1v) is 4.30. The Balaban J connectivity index is 3.07. The summed E-state index contributed by atoms with van der Waals surface area (Å²) in [5.74, 6) is 0.401. The summed E-state index contributed by atoms with van der Waals surface area (Å²) in [6.07, 6.45) is 1.57. The van der Waals surface area contributed by atoms with Gasteiger partial charge in [0.05, 0.1) is 16.6 Å². The standard InChI is InChI=1S/C6H4BrCl2N/c7-5-1-4(9)3-10-6(5)2-8/h1,3H,2H2. The Morgan fingerprint density at radius 3 is 2.80 bits per heavy atom. The molecular weight excluding hydrogens is 237 g/mol. The maximum absolute atomic E-state index is 5.64. The van der Waals surface area contributed by atoms with Crippen molar-refractivity contribution < 1.29 is 0 Å². The zero-order valence-electron chi connectivity index (χ0n) is 4.94. The number of halogens is 3. The van der Waals surface area contributed by atoms with Gasteiger partial charge in [-0.15, -0.1) is 11.6 Å². The Labute approximate surface area is 77.5 Å². The lowest BCUT2D eigenvalue weighted by molar-refractivity contribution is 1.15. The molecule has 0 N–H and O–H groups in total. The van der Waals surface area contributed by atoms with Crippen LogP contribution < -0.4 is 0 Å². The molecule has 0 aliphatic rings. The van der Waals surface area contributed by atoms with Gasteiger partial charge in [0.15, 0.2) is 0 Å². The number of pyridine rings is 1. The van der Waals surface area contributed by atoms with Crippen LogP contribution in [0, 0.1) is 0 Å². The molecule has 1 aromatic rings. The molecule has 1 heterocycles. The molecule has 0 fully saturated rings. The van der Waals surface area contributed by atoms with Gasteiger partial charge in [0.2, 0.25) is 0 Å². The highest BCUT2D eigenvalue weighted by atomic mass is 79.9. The summed E-state index contributed by atoms with van der Waals surface area (Å²) in [5, 5.41) is 0.612. The summed E-state index contributed by atoms with van der Waals surface area (Å²) in [6.45, 7) is 0. The molecule has 0 aliphatic heterocycles. The number of aromatic nitrogens is 1. The van der Waals surface area contributed by atoms with Crippen LogP contribution in [0.25, 0.3) is 0 Å². The van der Waals surface area contributed by atoms with Crippen molar-refractivity contribution in [1.29, 1.82) is 0 Å². The van der Waals surface area contributed by atoms with Crippen LogP contribution in [0.5, 0.6) is 0 Å². The van der Waals surface area contributed by atoms with Gasteiger partial charge in [0.25, 0.3) is 0 Å². The van der Waals surface area contributed by atoms with Crippen molar-refractivity contribution in [2.75, 3.05) is 0 Å². The predicted molar refractivity (Wildman–Crippen MR) is 46.5 cm³/mol. The zero-order valence-corrected chi connectivity index (χ0v) is 8.04. The highest BCUT2D eigenvalue weighted by molar-refractivity contribution is 9.10. The lowest BCUT2D eigenvalue weighted by atomic mass is 10.4. The fraction of sp³-hybridized carbons (Fsp3) is 0.167. The van der Waals surface area contributed by atoms with Gasteiger partial charge in [-0.2, -0.15) is 0 Å². The second-order valence-corrected chi connectivity index (χ2v) is 3.27. The van der Waals surface area contributed by atoms with Gasteiger partial charge < -0.3 is 0 Å². The molecule has 4 heteroatoms. The van der Waals surface area contributed by atoms with Crippen molar-refractivity contribution in [2.24, 2.45) is 0 Å². The van der Waals surface area contributed by atoms with Crippen LogP contribution in [0.1, 0.15) is 5.69 Å². The molecule has 1 nitrogen and oxygen atoms in total. The van der Waals surface area contributed by atoms with Crippen molar-refractivity contribution in [3.8, 4) is 0 Å². The first kappa shape index (κ1) is 8.31. The molecule has 0 spiro atoms. The largest absolute Gasteiger partial charge is 0.257 e. The number of nitrogens with zero attached hydrogens (tertiary/aromatic N) is 1. The monoisotopic (exact) mass is 239 g/mol. The minimum atomic E-state index is 0.401. The van der Waals surface area contributed by atoms with Crippen LogP contribution in [0.3, 0.4) is 0 Å². The molecule has 0 atom stereocenters. The molecule has 0 amide bonds. The van der Waals surface area contributed by atoms with Gasteiger partial charge >= 0.3 is 0 Å². The van der Waals surface area contributed by atoms with Gasteiger partial charge in [-0.25, -0.2) is 0 Å². The van der Waals surface area contributed by atoms with Gasteiger partial charge in [-0.05, 0) is 22.0 Å². The summed E-state index contributed by atoms with van der Waals surface area (Å²) in [6, 6.07) is 1.77. The third kappa shape index (κ3) is 1.84. The highest BCUT2D eigenvalue weighted by Gasteiger charge is 1.98. The lowest BCUT2D eigenvalue weighted by Gasteiger charge is -1.97. The van der Waals surface area contributed by atoms with Crippen LogP contribution >= 0.6 is 39.1 Å². The average molecular weight is 241 g/mol. The van der Waals surface area contributed by atoms with Crippen molar-refractivity contribution in [1.82, 2.24) is 4.98 Å². The van der Waals surface area contributed by atoms with Crippen molar-refractivity contribution in [3.63, 3.8) is 0 Å². The van der Waals surface area contributed by atoms with Crippen LogP contribution in [-0.2, 0) is 5.88 Å². The van der Waals surface area contributed by atoms with E-state index in [4.69, 9.17) is 23.2 Å². The van der Waals surface area contributed by atoms with E-state index in [-0.39, 0.29) is 0 Å². The van der Waals surface area contributed by atoms with Crippen molar-refractivity contribution in [3.05, 3.63) is 27.5 Å². The molecule has 0 saturated carbocycles. The molecular formula is C6H4BrCl2N. The average Bonchev–Trinajstić information content (AvgIpc) is 1.88. The van der Waals surface area contributed by atoms with Crippen LogP contribution in [0.2, 0.25) is 5.02 Å². The maximum atomic E-state index is 5.64. The minimum absolute atomic E-state index is 0.401.